The SMILES string of the molecule is COC(=O)CC1CC2CCCC2O1. The largest absolute Gasteiger partial charge is 0.469 e. The first-order valence-electron chi connectivity index (χ1n) is 5.02. The monoisotopic (exact) mass is 184 g/mol. The Morgan fingerprint density at radius 3 is 3.08 bits per heavy atom. The van der Waals surface area contributed by atoms with Crippen molar-refractivity contribution in [2.24, 2.45) is 5.92 Å². The summed E-state index contributed by atoms with van der Waals surface area (Å²) in [5.41, 5.74) is 0. The van der Waals surface area contributed by atoms with Gasteiger partial charge < -0.3 is 9.47 Å². The van der Waals surface area contributed by atoms with Crippen molar-refractivity contribution in [3.63, 3.8) is 0 Å². The van der Waals surface area contributed by atoms with E-state index in [-0.39, 0.29) is 12.1 Å². The average Bonchev–Trinajstić information content (AvgIpc) is 2.63. The minimum atomic E-state index is -0.148. The van der Waals surface area contributed by atoms with Gasteiger partial charge in [0.15, 0.2) is 0 Å². The van der Waals surface area contributed by atoms with Crippen molar-refractivity contribution in [3.8, 4) is 0 Å². The van der Waals surface area contributed by atoms with E-state index in [4.69, 9.17) is 4.74 Å². The van der Waals surface area contributed by atoms with E-state index >= 15 is 0 Å². The number of carbonyl (C=O) groups is 1. The topological polar surface area (TPSA) is 35.5 Å². The lowest BCUT2D eigenvalue weighted by Crippen LogP contribution is -2.15. The molecule has 2 rings (SSSR count). The lowest BCUT2D eigenvalue weighted by molar-refractivity contribution is -0.143. The zero-order valence-corrected chi connectivity index (χ0v) is 7.99. The summed E-state index contributed by atoms with van der Waals surface area (Å²) in [7, 11) is 1.43. The Morgan fingerprint density at radius 1 is 1.54 bits per heavy atom. The van der Waals surface area contributed by atoms with Gasteiger partial charge in [0, 0.05) is 0 Å². The van der Waals surface area contributed by atoms with Crippen LogP contribution in [-0.4, -0.2) is 25.3 Å². The number of ether oxygens (including phenoxy) is 2. The highest BCUT2D eigenvalue weighted by molar-refractivity contribution is 5.69. The van der Waals surface area contributed by atoms with Crippen molar-refractivity contribution >= 4 is 5.97 Å². The van der Waals surface area contributed by atoms with Crippen molar-refractivity contribution in [2.75, 3.05) is 7.11 Å². The molecule has 1 heterocycles. The minimum absolute atomic E-state index is 0.128. The third-order valence-corrected chi connectivity index (χ3v) is 3.14. The highest BCUT2D eigenvalue weighted by Gasteiger charge is 2.38. The van der Waals surface area contributed by atoms with Gasteiger partial charge in [-0.15, -0.1) is 0 Å². The summed E-state index contributed by atoms with van der Waals surface area (Å²) in [6.45, 7) is 0. The van der Waals surface area contributed by atoms with E-state index in [0.29, 0.717) is 12.5 Å². The molecule has 0 bridgehead atoms. The fourth-order valence-corrected chi connectivity index (χ4v) is 2.49. The van der Waals surface area contributed by atoms with Crippen LogP contribution in [0.25, 0.3) is 0 Å². The quantitative estimate of drug-likeness (QED) is 0.610. The second-order valence-electron chi connectivity index (χ2n) is 4.00. The van der Waals surface area contributed by atoms with Crippen LogP contribution in [0, 0.1) is 5.92 Å². The molecule has 0 aromatic rings. The molecule has 74 valence electrons. The zero-order valence-electron chi connectivity index (χ0n) is 7.99. The molecule has 0 radical (unpaired) electrons. The van der Waals surface area contributed by atoms with Gasteiger partial charge >= 0.3 is 5.97 Å². The normalized spacial score (nSPS) is 37.5. The number of fused-ring (bicyclic) bond motifs is 1. The van der Waals surface area contributed by atoms with Gasteiger partial charge in [-0.2, -0.15) is 0 Å². The molecule has 3 unspecified atom stereocenters. The highest BCUT2D eigenvalue weighted by atomic mass is 16.5. The average molecular weight is 184 g/mol. The van der Waals surface area contributed by atoms with Crippen LogP contribution in [0.3, 0.4) is 0 Å². The van der Waals surface area contributed by atoms with Gasteiger partial charge in [0.05, 0.1) is 25.7 Å². The van der Waals surface area contributed by atoms with Crippen LogP contribution in [0.15, 0.2) is 0 Å². The molecule has 1 aliphatic carbocycles. The molecular weight excluding hydrogens is 168 g/mol. The molecule has 3 nitrogen and oxygen atoms in total. The summed E-state index contributed by atoms with van der Waals surface area (Å²) in [6, 6.07) is 0. The summed E-state index contributed by atoms with van der Waals surface area (Å²) >= 11 is 0. The maximum Gasteiger partial charge on any atom is 0.308 e. The van der Waals surface area contributed by atoms with Crippen LogP contribution in [0.5, 0.6) is 0 Å². The number of hydrogen-bond donors (Lipinski definition) is 0. The molecule has 0 amide bonds. The van der Waals surface area contributed by atoms with Crippen molar-refractivity contribution in [2.45, 2.75) is 44.3 Å². The highest BCUT2D eigenvalue weighted by Crippen LogP contribution is 2.39. The Balaban J connectivity index is 1.82. The van der Waals surface area contributed by atoms with E-state index < -0.39 is 0 Å². The molecule has 0 N–H and O–H groups in total. The Morgan fingerprint density at radius 2 is 2.38 bits per heavy atom. The molecule has 1 saturated heterocycles. The van der Waals surface area contributed by atoms with Crippen LogP contribution in [0.2, 0.25) is 0 Å². The Bertz CT molecular complexity index is 190. The molecule has 0 aromatic carbocycles. The first-order chi connectivity index (χ1) is 6.29. The fraction of sp³-hybridized carbons (Fsp3) is 0.900. The Hall–Kier alpha value is -0.570. The van der Waals surface area contributed by atoms with Crippen LogP contribution >= 0.6 is 0 Å². The van der Waals surface area contributed by atoms with Gasteiger partial charge in [-0.1, -0.05) is 6.42 Å². The van der Waals surface area contributed by atoms with Gasteiger partial charge in [0.25, 0.3) is 0 Å². The molecule has 2 fully saturated rings. The molecule has 1 aliphatic heterocycles. The second-order valence-corrected chi connectivity index (χ2v) is 4.00. The van der Waals surface area contributed by atoms with E-state index in [1.807, 2.05) is 0 Å². The van der Waals surface area contributed by atoms with Gasteiger partial charge in [-0.25, -0.2) is 0 Å². The minimum Gasteiger partial charge on any atom is -0.469 e. The van der Waals surface area contributed by atoms with Crippen LogP contribution in [0.1, 0.15) is 32.1 Å². The molecule has 0 aromatic heterocycles. The van der Waals surface area contributed by atoms with Gasteiger partial charge in [0.1, 0.15) is 0 Å². The zero-order chi connectivity index (χ0) is 9.26. The predicted octanol–water partition coefficient (Wildman–Crippen LogP) is 1.51. The van der Waals surface area contributed by atoms with E-state index in [1.54, 1.807) is 0 Å². The number of esters is 1. The molecule has 13 heavy (non-hydrogen) atoms. The molecule has 3 atom stereocenters. The molecule has 3 heteroatoms. The number of hydrogen-bond acceptors (Lipinski definition) is 3. The van der Waals surface area contributed by atoms with Crippen molar-refractivity contribution < 1.29 is 14.3 Å². The number of rotatable bonds is 2. The molecule has 1 saturated carbocycles. The summed E-state index contributed by atoms with van der Waals surface area (Å²) in [5.74, 6) is 0.569. The second kappa shape index (κ2) is 3.66. The van der Waals surface area contributed by atoms with E-state index in [1.165, 1.54) is 26.4 Å². The van der Waals surface area contributed by atoms with Crippen LogP contribution in [0.4, 0.5) is 0 Å². The Kier molecular flexibility index (Phi) is 2.54. The number of carbonyl (C=O) groups excluding carboxylic acids is 1. The van der Waals surface area contributed by atoms with Crippen molar-refractivity contribution in [1.82, 2.24) is 0 Å². The lowest BCUT2D eigenvalue weighted by atomic mass is 10.0. The summed E-state index contributed by atoms with van der Waals surface area (Å²) in [5, 5.41) is 0. The van der Waals surface area contributed by atoms with Crippen LogP contribution < -0.4 is 0 Å². The van der Waals surface area contributed by atoms with Gasteiger partial charge in [-0.05, 0) is 25.2 Å². The van der Waals surface area contributed by atoms with E-state index in [2.05, 4.69) is 4.74 Å². The Labute approximate surface area is 78.4 Å². The molecule has 0 spiro atoms. The first kappa shape index (κ1) is 9.00. The van der Waals surface area contributed by atoms with Gasteiger partial charge in [0.2, 0.25) is 0 Å². The molecule has 2 aliphatic rings. The maximum absolute atomic E-state index is 11.0. The lowest BCUT2D eigenvalue weighted by Gasteiger charge is -2.10. The predicted molar refractivity (Wildman–Crippen MR) is 47.3 cm³/mol. The maximum atomic E-state index is 11.0. The number of methoxy groups -OCH3 is 1. The summed E-state index contributed by atoms with van der Waals surface area (Å²) in [6.07, 6.45) is 5.81. The van der Waals surface area contributed by atoms with E-state index in [0.717, 1.165) is 12.3 Å². The third-order valence-electron chi connectivity index (χ3n) is 3.14. The standard InChI is InChI=1S/C10H16O3/c1-12-10(11)6-8-5-7-3-2-4-9(7)13-8/h7-9H,2-6H2,1H3. The molecular formula is C10H16O3. The first-order valence-corrected chi connectivity index (χ1v) is 5.02. The van der Waals surface area contributed by atoms with Gasteiger partial charge in [-0.3, -0.25) is 4.79 Å². The van der Waals surface area contributed by atoms with E-state index in [9.17, 15) is 4.79 Å². The fourth-order valence-electron chi connectivity index (χ4n) is 2.49. The summed E-state index contributed by atoms with van der Waals surface area (Å²) < 4.78 is 10.4. The van der Waals surface area contributed by atoms with Crippen molar-refractivity contribution in [1.29, 1.82) is 0 Å². The smallest absolute Gasteiger partial charge is 0.308 e. The van der Waals surface area contributed by atoms with Crippen LogP contribution in [-0.2, 0) is 14.3 Å². The summed E-state index contributed by atoms with van der Waals surface area (Å²) in [4.78, 5) is 11.0. The third kappa shape index (κ3) is 1.85. The van der Waals surface area contributed by atoms with Crippen molar-refractivity contribution in [3.05, 3.63) is 0 Å².